The fraction of sp³-hybridized carbons (Fsp3) is 0.429. The fourth-order valence-electron chi connectivity index (χ4n) is 1.84. The maximum Gasteiger partial charge on any atom is 0.179 e. The van der Waals surface area contributed by atoms with E-state index in [4.69, 9.17) is 27.5 Å². The minimum absolute atomic E-state index is 0.151. The van der Waals surface area contributed by atoms with Crippen molar-refractivity contribution in [2.75, 3.05) is 21.3 Å². The Bertz CT molecular complexity index is 440. The van der Waals surface area contributed by atoms with Crippen LogP contribution in [0.15, 0.2) is 12.1 Å². The molecule has 0 bridgehead atoms. The van der Waals surface area contributed by atoms with Crippen molar-refractivity contribution in [2.45, 2.75) is 18.9 Å². The van der Waals surface area contributed by atoms with Crippen LogP contribution >= 0.6 is 11.6 Å². The van der Waals surface area contributed by atoms with Crippen molar-refractivity contribution in [1.29, 1.82) is 0 Å². The summed E-state index contributed by atoms with van der Waals surface area (Å²) in [5, 5.41) is 3.75. The first-order valence-corrected chi connectivity index (χ1v) is 6.07. The normalized spacial score (nSPS) is 11.7. The number of rotatable bonds is 6. The van der Waals surface area contributed by atoms with E-state index >= 15 is 0 Å². The van der Waals surface area contributed by atoms with Crippen molar-refractivity contribution in [2.24, 2.45) is 0 Å². The monoisotopic (exact) mass is 267 g/mol. The Labute approximate surface area is 113 Å². The minimum atomic E-state index is 0.151. The zero-order valence-electron chi connectivity index (χ0n) is 10.9. The predicted molar refractivity (Wildman–Crippen MR) is 74.4 cm³/mol. The molecule has 0 aromatic heterocycles. The van der Waals surface area contributed by atoms with Gasteiger partial charge in [-0.25, -0.2) is 0 Å². The second kappa shape index (κ2) is 7.15. The molecule has 0 radical (unpaired) electrons. The summed E-state index contributed by atoms with van der Waals surface area (Å²) in [5.41, 5.74) is 1.04. The van der Waals surface area contributed by atoms with Crippen LogP contribution in [-0.2, 0) is 0 Å². The van der Waals surface area contributed by atoms with Crippen molar-refractivity contribution in [1.82, 2.24) is 5.32 Å². The van der Waals surface area contributed by atoms with E-state index < -0.39 is 0 Å². The highest BCUT2D eigenvalue weighted by Gasteiger charge is 2.15. The topological polar surface area (TPSA) is 30.5 Å². The van der Waals surface area contributed by atoms with Gasteiger partial charge in [0.15, 0.2) is 11.5 Å². The summed E-state index contributed by atoms with van der Waals surface area (Å²) in [4.78, 5) is 0. The van der Waals surface area contributed by atoms with E-state index in [0.717, 1.165) is 12.0 Å². The van der Waals surface area contributed by atoms with Crippen molar-refractivity contribution < 1.29 is 9.47 Å². The fourth-order valence-corrected chi connectivity index (χ4v) is 2.14. The first-order valence-electron chi connectivity index (χ1n) is 5.70. The molecular formula is C14H18ClNO2. The third-order valence-electron chi connectivity index (χ3n) is 2.78. The maximum atomic E-state index is 6.18. The van der Waals surface area contributed by atoms with Gasteiger partial charge in [-0.05, 0) is 31.2 Å². The van der Waals surface area contributed by atoms with Crippen LogP contribution in [-0.4, -0.2) is 21.3 Å². The lowest BCUT2D eigenvalue weighted by Gasteiger charge is -2.18. The number of ether oxygens (including phenoxy) is 2. The van der Waals surface area contributed by atoms with Gasteiger partial charge in [-0.1, -0.05) is 11.6 Å². The van der Waals surface area contributed by atoms with Crippen molar-refractivity contribution in [3.05, 3.63) is 22.7 Å². The molecule has 4 heteroatoms. The van der Waals surface area contributed by atoms with E-state index in [0.29, 0.717) is 22.9 Å². The molecule has 0 amide bonds. The van der Waals surface area contributed by atoms with Crippen molar-refractivity contribution in [3.8, 4) is 23.8 Å². The molecule has 0 aliphatic rings. The number of methoxy groups -OCH3 is 2. The Morgan fingerprint density at radius 2 is 2.11 bits per heavy atom. The second-order valence-corrected chi connectivity index (χ2v) is 4.23. The summed E-state index contributed by atoms with van der Waals surface area (Å²) in [5.74, 6) is 3.82. The zero-order valence-corrected chi connectivity index (χ0v) is 11.7. The molecule has 1 aromatic rings. The highest BCUT2D eigenvalue weighted by atomic mass is 35.5. The lowest BCUT2D eigenvalue weighted by atomic mass is 10.0. The molecule has 3 nitrogen and oxygen atoms in total. The number of hydrogen-bond acceptors (Lipinski definition) is 3. The number of benzene rings is 1. The van der Waals surface area contributed by atoms with Crippen LogP contribution in [0.5, 0.6) is 11.5 Å². The van der Waals surface area contributed by atoms with E-state index in [9.17, 15) is 0 Å². The lowest BCUT2D eigenvalue weighted by Crippen LogP contribution is -2.16. The van der Waals surface area contributed by atoms with Gasteiger partial charge in [0.1, 0.15) is 0 Å². The van der Waals surface area contributed by atoms with Gasteiger partial charge in [0, 0.05) is 12.5 Å². The lowest BCUT2D eigenvalue weighted by molar-refractivity contribution is 0.354. The number of hydrogen-bond donors (Lipinski definition) is 1. The SMILES string of the molecule is C#CCCC(NC)c1cc(Cl)c(OC)c(OC)c1. The van der Waals surface area contributed by atoms with Gasteiger partial charge in [-0.15, -0.1) is 12.3 Å². The molecule has 0 aliphatic heterocycles. The average molecular weight is 268 g/mol. The molecule has 1 N–H and O–H groups in total. The maximum absolute atomic E-state index is 6.18. The summed E-state index contributed by atoms with van der Waals surface area (Å²) in [7, 11) is 5.05. The first kappa shape index (κ1) is 14.7. The summed E-state index contributed by atoms with van der Waals surface area (Å²) in [6.07, 6.45) is 6.84. The van der Waals surface area contributed by atoms with Gasteiger partial charge < -0.3 is 14.8 Å². The predicted octanol–water partition coefficient (Wildman–Crippen LogP) is 3.03. The second-order valence-electron chi connectivity index (χ2n) is 3.82. The average Bonchev–Trinajstić information content (AvgIpc) is 2.38. The summed E-state index contributed by atoms with van der Waals surface area (Å²) >= 11 is 6.18. The molecule has 0 aliphatic carbocycles. The number of nitrogens with one attached hydrogen (secondary N) is 1. The zero-order chi connectivity index (χ0) is 13.5. The molecular weight excluding hydrogens is 250 g/mol. The molecule has 1 aromatic carbocycles. The van der Waals surface area contributed by atoms with Gasteiger partial charge in [-0.2, -0.15) is 0 Å². The molecule has 1 atom stereocenters. The number of halogens is 1. The Hall–Kier alpha value is -1.37. The Balaban J connectivity index is 3.09. The minimum Gasteiger partial charge on any atom is -0.493 e. The van der Waals surface area contributed by atoms with Crippen LogP contribution in [0.25, 0.3) is 0 Å². The van der Waals surface area contributed by atoms with E-state index in [1.807, 2.05) is 19.2 Å². The van der Waals surface area contributed by atoms with Gasteiger partial charge in [0.2, 0.25) is 0 Å². The van der Waals surface area contributed by atoms with Crippen LogP contribution in [0.1, 0.15) is 24.4 Å². The molecule has 18 heavy (non-hydrogen) atoms. The van der Waals surface area contributed by atoms with Crippen LogP contribution in [0.4, 0.5) is 0 Å². The van der Waals surface area contributed by atoms with E-state index in [1.165, 1.54) is 0 Å². The smallest absolute Gasteiger partial charge is 0.179 e. The first-order chi connectivity index (χ1) is 8.67. The van der Waals surface area contributed by atoms with Gasteiger partial charge >= 0.3 is 0 Å². The van der Waals surface area contributed by atoms with Crippen molar-refractivity contribution >= 4 is 11.6 Å². The van der Waals surface area contributed by atoms with Crippen LogP contribution in [0, 0.1) is 12.3 Å². The van der Waals surface area contributed by atoms with Gasteiger partial charge in [-0.3, -0.25) is 0 Å². The van der Waals surface area contributed by atoms with Crippen molar-refractivity contribution in [3.63, 3.8) is 0 Å². The Morgan fingerprint density at radius 1 is 1.39 bits per heavy atom. The molecule has 0 spiro atoms. The standard InChI is InChI=1S/C14H18ClNO2/c1-5-6-7-12(16-2)10-8-11(15)14(18-4)13(9-10)17-3/h1,8-9,12,16H,6-7H2,2-4H3. The third kappa shape index (κ3) is 3.32. The quantitative estimate of drug-likeness (QED) is 0.804. The van der Waals surface area contributed by atoms with Gasteiger partial charge in [0.05, 0.1) is 19.2 Å². The molecule has 0 saturated heterocycles. The van der Waals surface area contributed by atoms with E-state index in [1.54, 1.807) is 14.2 Å². The highest BCUT2D eigenvalue weighted by molar-refractivity contribution is 6.32. The Kier molecular flexibility index (Phi) is 5.84. The van der Waals surface area contributed by atoms with Crippen LogP contribution in [0.3, 0.4) is 0 Å². The molecule has 1 rings (SSSR count). The molecule has 0 fully saturated rings. The van der Waals surface area contributed by atoms with Crippen LogP contribution in [0.2, 0.25) is 5.02 Å². The molecule has 0 saturated carbocycles. The summed E-state index contributed by atoms with van der Waals surface area (Å²) in [6.45, 7) is 0. The Morgan fingerprint density at radius 3 is 2.61 bits per heavy atom. The highest BCUT2D eigenvalue weighted by Crippen LogP contribution is 2.38. The van der Waals surface area contributed by atoms with Gasteiger partial charge in [0.25, 0.3) is 0 Å². The van der Waals surface area contributed by atoms with E-state index in [2.05, 4.69) is 11.2 Å². The summed E-state index contributed by atoms with van der Waals surface area (Å²) in [6, 6.07) is 3.95. The summed E-state index contributed by atoms with van der Waals surface area (Å²) < 4.78 is 10.5. The van der Waals surface area contributed by atoms with E-state index in [-0.39, 0.29) is 6.04 Å². The molecule has 98 valence electrons. The third-order valence-corrected chi connectivity index (χ3v) is 3.06. The molecule has 0 heterocycles. The largest absolute Gasteiger partial charge is 0.493 e. The van der Waals surface area contributed by atoms with Crippen LogP contribution < -0.4 is 14.8 Å². The number of terminal acetylenes is 1. The molecule has 1 unspecified atom stereocenters.